The van der Waals surface area contributed by atoms with Gasteiger partial charge < -0.3 is 10.6 Å². The summed E-state index contributed by atoms with van der Waals surface area (Å²) in [5.41, 5.74) is -2.03. The molecule has 6 nitrogen and oxygen atoms in total. The Balaban J connectivity index is 1.72. The van der Waals surface area contributed by atoms with Crippen LogP contribution in [0.2, 0.25) is 0 Å². The topological polar surface area (TPSA) is 78.5 Å². The van der Waals surface area contributed by atoms with Crippen molar-refractivity contribution in [3.63, 3.8) is 0 Å². The van der Waals surface area contributed by atoms with Gasteiger partial charge in [-0.1, -0.05) is 25.7 Å². The lowest BCUT2D eigenvalue weighted by Gasteiger charge is -2.23. The van der Waals surface area contributed by atoms with E-state index in [1.54, 1.807) is 0 Å². The lowest BCUT2D eigenvalue weighted by atomic mass is 9.91. The minimum Gasteiger partial charge on any atom is -0.352 e. The number of hydrogen-bond donors (Lipinski definition) is 2. The van der Waals surface area contributed by atoms with Gasteiger partial charge in [-0.25, -0.2) is 13.6 Å². The summed E-state index contributed by atoms with van der Waals surface area (Å²) in [6.07, 6.45) is 6.08. The van der Waals surface area contributed by atoms with E-state index in [9.17, 15) is 23.2 Å². The van der Waals surface area contributed by atoms with Gasteiger partial charge in [0.25, 0.3) is 5.91 Å². The van der Waals surface area contributed by atoms with Gasteiger partial charge in [-0.3, -0.25) is 14.5 Å². The zero-order valence-corrected chi connectivity index (χ0v) is 15.2. The van der Waals surface area contributed by atoms with Gasteiger partial charge in [0.15, 0.2) is 0 Å². The first-order chi connectivity index (χ1) is 12.8. The van der Waals surface area contributed by atoms with E-state index in [0.717, 1.165) is 61.6 Å². The number of rotatable bonds is 4. The van der Waals surface area contributed by atoms with Crippen LogP contribution in [0.3, 0.4) is 0 Å². The van der Waals surface area contributed by atoms with Gasteiger partial charge in [-0.15, -0.1) is 0 Å². The Morgan fingerprint density at radius 2 is 1.89 bits per heavy atom. The molecular formula is C19H23F2N3O3. The Kier molecular flexibility index (Phi) is 5.43. The monoisotopic (exact) mass is 379 g/mol. The molecule has 0 aromatic heterocycles. The Bertz CT molecular complexity index is 763. The summed E-state index contributed by atoms with van der Waals surface area (Å²) in [5.74, 6) is -2.75. The first-order valence-corrected chi connectivity index (χ1v) is 9.20. The van der Waals surface area contributed by atoms with E-state index in [0.29, 0.717) is 0 Å². The lowest BCUT2D eigenvalue weighted by molar-refractivity contribution is -0.135. The van der Waals surface area contributed by atoms with Gasteiger partial charge >= 0.3 is 6.03 Å². The van der Waals surface area contributed by atoms with Crippen LogP contribution in [-0.4, -0.2) is 35.3 Å². The van der Waals surface area contributed by atoms with E-state index in [4.69, 9.17) is 0 Å². The fraction of sp³-hybridized carbons (Fsp3) is 0.526. The van der Waals surface area contributed by atoms with Crippen LogP contribution in [0.1, 0.15) is 51.0 Å². The second-order valence-electron chi connectivity index (χ2n) is 7.33. The van der Waals surface area contributed by atoms with Gasteiger partial charge in [-0.2, -0.15) is 0 Å². The highest BCUT2D eigenvalue weighted by Crippen LogP contribution is 2.31. The fourth-order valence-electron chi connectivity index (χ4n) is 3.74. The molecule has 1 heterocycles. The van der Waals surface area contributed by atoms with Crippen LogP contribution in [0.15, 0.2) is 18.2 Å². The maximum atomic E-state index is 14.1. The van der Waals surface area contributed by atoms with Crippen LogP contribution in [0, 0.1) is 11.6 Å². The fourth-order valence-corrected chi connectivity index (χ4v) is 3.74. The van der Waals surface area contributed by atoms with Crippen molar-refractivity contribution in [3.05, 3.63) is 35.4 Å². The van der Waals surface area contributed by atoms with Crippen molar-refractivity contribution in [2.24, 2.45) is 0 Å². The molecule has 2 fully saturated rings. The molecule has 1 aliphatic carbocycles. The second-order valence-corrected chi connectivity index (χ2v) is 7.33. The van der Waals surface area contributed by atoms with Crippen molar-refractivity contribution in [2.75, 3.05) is 6.54 Å². The van der Waals surface area contributed by atoms with Crippen molar-refractivity contribution < 1.29 is 23.2 Å². The molecule has 1 aliphatic heterocycles. The predicted molar refractivity (Wildman–Crippen MR) is 93.6 cm³/mol. The van der Waals surface area contributed by atoms with Crippen molar-refractivity contribution >= 4 is 17.8 Å². The van der Waals surface area contributed by atoms with Gasteiger partial charge in [-0.05, 0) is 38.0 Å². The molecule has 1 aromatic rings. The zero-order chi connectivity index (χ0) is 19.6. The molecule has 1 aromatic carbocycles. The van der Waals surface area contributed by atoms with Crippen LogP contribution in [0.25, 0.3) is 0 Å². The summed E-state index contributed by atoms with van der Waals surface area (Å²) in [6.45, 7) is 0.849. The van der Waals surface area contributed by atoms with Crippen molar-refractivity contribution in [3.8, 4) is 0 Å². The van der Waals surface area contributed by atoms with E-state index in [1.165, 1.54) is 6.92 Å². The van der Waals surface area contributed by atoms with Crippen molar-refractivity contribution in [2.45, 2.75) is 57.0 Å². The highest BCUT2D eigenvalue weighted by Gasteiger charge is 2.50. The van der Waals surface area contributed by atoms with E-state index in [2.05, 4.69) is 10.6 Å². The van der Waals surface area contributed by atoms with Crippen LogP contribution in [0.5, 0.6) is 0 Å². The summed E-state index contributed by atoms with van der Waals surface area (Å²) in [7, 11) is 0. The number of halogens is 2. The van der Waals surface area contributed by atoms with E-state index in [1.807, 2.05) is 0 Å². The highest BCUT2D eigenvalue weighted by atomic mass is 19.1. The smallest absolute Gasteiger partial charge is 0.325 e. The average molecular weight is 379 g/mol. The molecule has 0 radical (unpaired) electrons. The summed E-state index contributed by atoms with van der Waals surface area (Å²) >= 11 is 0. The molecule has 2 aliphatic rings. The molecule has 0 bridgehead atoms. The van der Waals surface area contributed by atoms with Crippen molar-refractivity contribution in [1.29, 1.82) is 0 Å². The van der Waals surface area contributed by atoms with E-state index >= 15 is 0 Å². The largest absolute Gasteiger partial charge is 0.352 e. The molecule has 1 saturated heterocycles. The van der Waals surface area contributed by atoms with E-state index in [-0.39, 0.29) is 11.6 Å². The van der Waals surface area contributed by atoms with Crippen molar-refractivity contribution in [1.82, 2.24) is 15.5 Å². The molecule has 0 spiro atoms. The minimum absolute atomic E-state index is 0.0350. The van der Waals surface area contributed by atoms with Crippen LogP contribution < -0.4 is 10.6 Å². The highest BCUT2D eigenvalue weighted by molar-refractivity contribution is 6.09. The average Bonchev–Trinajstić information content (AvgIpc) is 2.80. The molecule has 4 amide bonds. The normalized spacial score (nSPS) is 23.9. The minimum atomic E-state index is -1.76. The number of carbonyl (C=O) groups excluding carboxylic acids is 3. The number of nitrogens with one attached hydrogen (secondary N) is 2. The number of hydrogen-bond acceptors (Lipinski definition) is 3. The third-order valence-electron chi connectivity index (χ3n) is 5.26. The maximum absolute atomic E-state index is 14.1. The van der Waals surface area contributed by atoms with Gasteiger partial charge in [0.2, 0.25) is 5.91 Å². The molecule has 2 N–H and O–H groups in total. The molecule has 8 heteroatoms. The number of imide groups is 1. The number of nitrogens with zero attached hydrogens (tertiary/aromatic N) is 1. The van der Waals surface area contributed by atoms with Gasteiger partial charge in [0.05, 0.1) is 0 Å². The second kappa shape index (κ2) is 7.62. The van der Waals surface area contributed by atoms with E-state index < -0.39 is 41.6 Å². The summed E-state index contributed by atoms with van der Waals surface area (Å²) in [4.78, 5) is 38.1. The molecule has 1 saturated carbocycles. The summed E-state index contributed by atoms with van der Waals surface area (Å²) < 4.78 is 27.7. The maximum Gasteiger partial charge on any atom is 0.325 e. The molecule has 27 heavy (non-hydrogen) atoms. The Morgan fingerprint density at radius 1 is 1.22 bits per heavy atom. The lowest BCUT2D eigenvalue weighted by Crippen LogP contribution is -2.45. The quantitative estimate of drug-likeness (QED) is 0.623. The first-order valence-electron chi connectivity index (χ1n) is 9.20. The third kappa shape index (κ3) is 3.94. The number of amides is 4. The van der Waals surface area contributed by atoms with Crippen LogP contribution in [-0.2, 0) is 15.1 Å². The summed E-state index contributed by atoms with van der Waals surface area (Å²) in [5, 5.41) is 5.25. The number of benzene rings is 1. The van der Waals surface area contributed by atoms with Gasteiger partial charge in [0, 0.05) is 11.6 Å². The number of carbonyl (C=O) groups is 3. The predicted octanol–water partition coefficient (Wildman–Crippen LogP) is 2.57. The number of urea groups is 1. The Hall–Kier alpha value is -2.51. The Morgan fingerprint density at radius 3 is 2.56 bits per heavy atom. The zero-order valence-electron chi connectivity index (χ0n) is 15.2. The van der Waals surface area contributed by atoms with Crippen LogP contribution >= 0.6 is 0 Å². The SMILES string of the molecule is C[C@]1(c2cc(F)ccc2F)NC(=O)N(CC(=O)NC2CCCCCC2)C1=O. The molecule has 146 valence electrons. The molecule has 1 atom stereocenters. The molecular weight excluding hydrogens is 356 g/mol. The summed E-state index contributed by atoms with van der Waals surface area (Å²) in [6, 6.07) is 1.94. The van der Waals surface area contributed by atoms with Gasteiger partial charge in [0.1, 0.15) is 23.7 Å². The van der Waals surface area contributed by atoms with Crippen LogP contribution in [0.4, 0.5) is 13.6 Å². The standard InChI is InChI=1S/C19H23F2N3O3/c1-19(14-10-12(20)8-9-15(14)21)17(26)24(18(27)23-19)11-16(25)22-13-6-4-2-3-5-7-13/h8-10,13H,2-7,11H2,1H3,(H,22,25)(H,23,27)/t19-/m1/s1. The Labute approximate surface area is 156 Å². The first kappa shape index (κ1) is 19.3. The molecule has 0 unspecified atom stereocenters. The third-order valence-corrected chi connectivity index (χ3v) is 5.26. The molecule has 3 rings (SSSR count).